The highest BCUT2D eigenvalue weighted by atomic mass is 16.7. The summed E-state index contributed by atoms with van der Waals surface area (Å²) >= 11 is 0. The molecule has 1 aromatic rings. The lowest BCUT2D eigenvalue weighted by atomic mass is 9.87. The number of carbonyl (C=O) groups excluding carboxylic acids is 3. The zero-order valence-corrected chi connectivity index (χ0v) is 17.3. The molecule has 0 aliphatic carbocycles. The SMILES string of the molecule is CCOC(=O)Oc1ccc(C(=O)NCCCNC(=O)/C=C(\C)C(C)(C)C)cc1. The number of amides is 2. The predicted molar refractivity (Wildman–Crippen MR) is 107 cm³/mol. The third kappa shape index (κ3) is 8.70. The maximum Gasteiger partial charge on any atom is 0.513 e. The molecule has 28 heavy (non-hydrogen) atoms. The van der Waals surface area contributed by atoms with Crippen LogP contribution in [0.1, 0.15) is 51.4 Å². The van der Waals surface area contributed by atoms with Crippen molar-refractivity contribution in [1.82, 2.24) is 10.6 Å². The molecule has 0 saturated heterocycles. The molecule has 0 heterocycles. The monoisotopic (exact) mass is 390 g/mol. The van der Waals surface area contributed by atoms with Gasteiger partial charge in [0.1, 0.15) is 5.75 Å². The second-order valence-electron chi connectivity index (χ2n) is 7.29. The Kier molecular flexibility index (Phi) is 9.21. The van der Waals surface area contributed by atoms with Gasteiger partial charge in [-0.1, -0.05) is 26.3 Å². The van der Waals surface area contributed by atoms with E-state index in [1.165, 1.54) is 12.1 Å². The van der Waals surface area contributed by atoms with E-state index in [0.29, 0.717) is 30.8 Å². The van der Waals surface area contributed by atoms with Gasteiger partial charge in [0, 0.05) is 24.7 Å². The normalized spacial score (nSPS) is 11.5. The highest BCUT2D eigenvalue weighted by Crippen LogP contribution is 2.23. The number of nitrogens with one attached hydrogen (secondary N) is 2. The summed E-state index contributed by atoms with van der Waals surface area (Å²) in [6.07, 6.45) is 1.44. The summed E-state index contributed by atoms with van der Waals surface area (Å²) in [4.78, 5) is 35.2. The molecule has 0 saturated carbocycles. The fourth-order valence-corrected chi connectivity index (χ4v) is 1.99. The van der Waals surface area contributed by atoms with E-state index in [4.69, 9.17) is 4.74 Å². The summed E-state index contributed by atoms with van der Waals surface area (Å²) in [5, 5.41) is 5.59. The van der Waals surface area contributed by atoms with Gasteiger partial charge in [0.2, 0.25) is 5.91 Å². The van der Waals surface area contributed by atoms with Gasteiger partial charge in [-0.25, -0.2) is 4.79 Å². The third-order valence-electron chi connectivity index (χ3n) is 4.05. The summed E-state index contributed by atoms with van der Waals surface area (Å²) in [7, 11) is 0. The quantitative estimate of drug-likeness (QED) is 0.307. The first-order valence-electron chi connectivity index (χ1n) is 9.33. The minimum absolute atomic E-state index is 0.0395. The van der Waals surface area contributed by atoms with Crippen LogP contribution in [0.25, 0.3) is 0 Å². The molecule has 0 radical (unpaired) electrons. The lowest BCUT2D eigenvalue weighted by Gasteiger charge is -2.19. The molecule has 0 bridgehead atoms. The standard InChI is InChI=1S/C21H30N2O5/c1-6-27-20(26)28-17-10-8-16(9-11-17)19(25)23-13-7-12-22-18(24)14-15(2)21(3,4)5/h8-11,14H,6-7,12-13H2,1-5H3,(H,22,24)(H,23,25)/b15-14+. The summed E-state index contributed by atoms with van der Waals surface area (Å²) < 4.78 is 9.62. The Hall–Kier alpha value is -2.83. The molecule has 0 fully saturated rings. The van der Waals surface area contributed by atoms with Gasteiger partial charge in [-0.05, 0) is 49.9 Å². The predicted octanol–water partition coefficient (Wildman–Crippen LogP) is 3.45. The molecular weight excluding hydrogens is 360 g/mol. The maximum atomic E-state index is 12.1. The Morgan fingerprint density at radius 3 is 2.21 bits per heavy atom. The summed E-state index contributed by atoms with van der Waals surface area (Å²) in [5.74, 6) is -0.0651. The summed E-state index contributed by atoms with van der Waals surface area (Å²) in [6, 6.07) is 6.17. The molecule has 0 unspecified atom stereocenters. The van der Waals surface area contributed by atoms with Crippen LogP contribution in [0, 0.1) is 5.41 Å². The smallest absolute Gasteiger partial charge is 0.434 e. The number of benzene rings is 1. The topological polar surface area (TPSA) is 93.7 Å². The molecule has 2 N–H and O–H groups in total. The number of rotatable bonds is 8. The number of allylic oxidation sites excluding steroid dienone is 1. The van der Waals surface area contributed by atoms with Crippen LogP contribution in [-0.2, 0) is 9.53 Å². The average Bonchev–Trinajstić information content (AvgIpc) is 2.61. The van der Waals surface area contributed by atoms with Crippen LogP contribution in [0.15, 0.2) is 35.9 Å². The highest BCUT2D eigenvalue weighted by Gasteiger charge is 2.13. The Balaban J connectivity index is 2.33. The van der Waals surface area contributed by atoms with Crippen molar-refractivity contribution < 1.29 is 23.9 Å². The molecule has 154 valence electrons. The minimum atomic E-state index is -0.783. The van der Waals surface area contributed by atoms with Crippen LogP contribution < -0.4 is 15.4 Å². The number of ether oxygens (including phenoxy) is 2. The van der Waals surface area contributed by atoms with Crippen LogP contribution >= 0.6 is 0 Å². The van der Waals surface area contributed by atoms with Crippen LogP contribution in [0.3, 0.4) is 0 Å². The Bertz CT molecular complexity index is 703. The number of hydrogen-bond donors (Lipinski definition) is 2. The first kappa shape index (κ1) is 23.2. The molecular formula is C21H30N2O5. The minimum Gasteiger partial charge on any atom is -0.434 e. The van der Waals surface area contributed by atoms with Gasteiger partial charge in [-0.15, -0.1) is 0 Å². The van der Waals surface area contributed by atoms with Gasteiger partial charge in [-0.2, -0.15) is 0 Å². The van der Waals surface area contributed by atoms with E-state index in [1.807, 2.05) is 6.92 Å². The zero-order valence-electron chi connectivity index (χ0n) is 17.3. The first-order valence-corrected chi connectivity index (χ1v) is 9.33. The van der Waals surface area contributed by atoms with Gasteiger partial charge >= 0.3 is 6.16 Å². The van der Waals surface area contributed by atoms with Crippen molar-refractivity contribution in [3.63, 3.8) is 0 Å². The number of carbonyl (C=O) groups is 3. The average molecular weight is 390 g/mol. The molecule has 0 aliphatic rings. The molecule has 0 aromatic heterocycles. The fraction of sp³-hybridized carbons (Fsp3) is 0.476. The zero-order chi connectivity index (χ0) is 21.2. The summed E-state index contributed by atoms with van der Waals surface area (Å²) in [6.45, 7) is 10.9. The lowest BCUT2D eigenvalue weighted by Crippen LogP contribution is -2.29. The van der Waals surface area contributed by atoms with E-state index in [1.54, 1.807) is 25.1 Å². The van der Waals surface area contributed by atoms with E-state index in [9.17, 15) is 14.4 Å². The molecule has 0 aliphatic heterocycles. The number of hydrogen-bond acceptors (Lipinski definition) is 5. The van der Waals surface area contributed by atoms with Crippen LogP contribution in [0.4, 0.5) is 4.79 Å². The van der Waals surface area contributed by atoms with Gasteiger partial charge in [-0.3, -0.25) is 9.59 Å². The van der Waals surface area contributed by atoms with Crippen LogP contribution in [0.5, 0.6) is 5.75 Å². The lowest BCUT2D eigenvalue weighted by molar-refractivity contribution is -0.116. The van der Waals surface area contributed by atoms with Crippen molar-refractivity contribution in [2.75, 3.05) is 19.7 Å². The molecule has 1 rings (SSSR count). The maximum absolute atomic E-state index is 12.1. The molecule has 7 heteroatoms. The van der Waals surface area contributed by atoms with Crippen molar-refractivity contribution in [3.05, 3.63) is 41.5 Å². The van der Waals surface area contributed by atoms with E-state index in [2.05, 4.69) is 36.1 Å². The Morgan fingerprint density at radius 1 is 1.04 bits per heavy atom. The van der Waals surface area contributed by atoms with Crippen molar-refractivity contribution >= 4 is 18.0 Å². The van der Waals surface area contributed by atoms with E-state index < -0.39 is 6.16 Å². The van der Waals surface area contributed by atoms with Gasteiger partial charge in [0.05, 0.1) is 6.61 Å². The van der Waals surface area contributed by atoms with Crippen LogP contribution in [0.2, 0.25) is 0 Å². The molecule has 7 nitrogen and oxygen atoms in total. The van der Waals surface area contributed by atoms with Gasteiger partial charge < -0.3 is 20.1 Å². The van der Waals surface area contributed by atoms with Gasteiger partial charge in [0.25, 0.3) is 5.91 Å². The van der Waals surface area contributed by atoms with E-state index >= 15 is 0 Å². The van der Waals surface area contributed by atoms with Crippen molar-refractivity contribution in [3.8, 4) is 5.75 Å². The molecule has 0 atom stereocenters. The van der Waals surface area contributed by atoms with Gasteiger partial charge in [0.15, 0.2) is 0 Å². The fourth-order valence-electron chi connectivity index (χ4n) is 1.99. The second kappa shape index (κ2) is 11.1. The van der Waals surface area contributed by atoms with Crippen molar-refractivity contribution in [2.45, 2.75) is 41.0 Å². The van der Waals surface area contributed by atoms with Crippen molar-refractivity contribution in [1.29, 1.82) is 0 Å². The highest BCUT2D eigenvalue weighted by molar-refractivity contribution is 5.94. The first-order chi connectivity index (χ1) is 13.1. The molecule has 2 amide bonds. The Morgan fingerprint density at radius 2 is 1.64 bits per heavy atom. The van der Waals surface area contributed by atoms with Crippen molar-refractivity contribution in [2.24, 2.45) is 5.41 Å². The second-order valence-corrected chi connectivity index (χ2v) is 7.29. The van der Waals surface area contributed by atoms with E-state index in [-0.39, 0.29) is 23.8 Å². The largest absolute Gasteiger partial charge is 0.513 e. The van der Waals surface area contributed by atoms with Crippen LogP contribution in [-0.4, -0.2) is 37.7 Å². The molecule has 0 spiro atoms. The third-order valence-corrected chi connectivity index (χ3v) is 4.05. The van der Waals surface area contributed by atoms with E-state index in [0.717, 1.165) is 5.57 Å². The Labute approximate surface area is 166 Å². The molecule has 1 aromatic carbocycles. The summed E-state index contributed by atoms with van der Waals surface area (Å²) in [5.41, 5.74) is 1.42.